The van der Waals surface area contributed by atoms with Crippen molar-refractivity contribution < 1.29 is 4.79 Å². The fourth-order valence-corrected chi connectivity index (χ4v) is 2.99. The lowest BCUT2D eigenvalue weighted by atomic mass is 10.0. The number of carbonyl (C=O) groups is 1. The maximum atomic E-state index is 12.2. The quantitative estimate of drug-likeness (QED) is 0.849. The molecule has 0 spiro atoms. The Kier molecular flexibility index (Phi) is 6.49. The minimum atomic E-state index is 0.0317. The summed E-state index contributed by atoms with van der Waals surface area (Å²) in [5.41, 5.74) is 0.759. The molecule has 2 N–H and O–H groups in total. The van der Waals surface area contributed by atoms with Gasteiger partial charge in [-0.3, -0.25) is 9.69 Å². The van der Waals surface area contributed by atoms with E-state index >= 15 is 0 Å². The van der Waals surface area contributed by atoms with Crippen LogP contribution >= 0.6 is 11.6 Å². The van der Waals surface area contributed by atoms with Crippen molar-refractivity contribution in [1.82, 2.24) is 10.2 Å². The van der Waals surface area contributed by atoms with Gasteiger partial charge in [0.2, 0.25) is 5.91 Å². The first kappa shape index (κ1) is 16.3. The zero-order chi connectivity index (χ0) is 15.1. The van der Waals surface area contributed by atoms with Gasteiger partial charge in [-0.15, -0.1) is 0 Å². The summed E-state index contributed by atoms with van der Waals surface area (Å²) >= 11 is 5.94. The summed E-state index contributed by atoms with van der Waals surface area (Å²) in [6, 6.07) is 7.79. The number of benzene rings is 1. The first-order chi connectivity index (χ1) is 10.2. The molecule has 0 saturated carbocycles. The Bertz CT molecular complexity index is 461. The van der Waals surface area contributed by atoms with Gasteiger partial charge in [0.1, 0.15) is 0 Å². The number of hydrogen-bond donors (Lipinski definition) is 2. The van der Waals surface area contributed by atoms with Crippen molar-refractivity contribution in [2.24, 2.45) is 0 Å². The average molecular weight is 310 g/mol. The molecule has 1 saturated heterocycles. The number of carbonyl (C=O) groups excluding carboxylic acids is 1. The van der Waals surface area contributed by atoms with Crippen molar-refractivity contribution in [1.29, 1.82) is 0 Å². The van der Waals surface area contributed by atoms with Crippen molar-refractivity contribution in [3.05, 3.63) is 29.3 Å². The van der Waals surface area contributed by atoms with Gasteiger partial charge in [-0.2, -0.15) is 0 Å². The third kappa shape index (κ3) is 5.30. The van der Waals surface area contributed by atoms with Crippen LogP contribution < -0.4 is 10.6 Å². The molecule has 1 fully saturated rings. The zero-order valence-corrected chi connectivity index (χ0v) is 13.3. The van der Waals surface area contributed by atoms with Crippen LogP contribution in [-0.4, -0.2) is 43.0 Å². The second-order valence-corrected chi connectivity index (χ2v) is 5.95. The maximum Gasteiger partial charge on any atom is 0.238 e. The summed E-state index contributed by atoms with van der Waals surface area (Å²) in [5.74, 6) is 0.0317. The lowest BCUT2D eigenvalue weighted by Gasteiger charge is -2.34. The van der Waals surface area contributed by atoms with Crippen LogP contribution in [0, 0.1) is 0 Å². The van der Waals surface area contributed by atoms with Crippen LogP contribution in [0.25, 0.3) is 0 Å². The number of rotatable bonds is 6. The van der Waals surface area contributed by atoms with Crippen molar-refractivity contribution in [3.63, 3.8) is 0 Å². The lowest BCUT2D eigenvalue weighted by Crippen LogP contribution is -2.46. The molecule has 2 rings (SSSR count). The van der Waals surface area contributed by atoms with Gasteiger partial charge in [-0.05, 0) is 57.1 Å². The van der Waals surface area contributed by atoms with Crippen molar-refractivity contribution >= 4 is 23.2 Å². The molecule has 0 aliphatic carbocycles. The first-order valence-electron chi connectivity index (χ1n) is 7.69. The molecule has 0 bridgehead atoms. The lowest BCUT2D eigenvalue weighted by molar-refractivity contribution is -0.118. The molecule has 5 heteroatoms. The number of nitrogens with zero attached hydrogens (tertiary/aromatic N) is 1. The van der Waals surface area contributed by atoms with E-state index in [1.165, 1.54) is 0 Å². The van der Waals surface area contributed by atoms with E-state index < -0.39 is 0 Å². The van der Waals surface area contributed by atoms with Crippen LogP contribution in [0.2, 0.25) is 5.02 Å². The van der Waals surface area contributed by atoms with E-state index in [0.717, 1.165) is 44.6 Å². The second-order valence-electron chi connectivity index (χ2n) is 5.51. The zero-order valence-electron chi connectivity index (χ0n) is 12.6. The monoisotopic (exact) mass is 309 g/mol. The first-order valence-corrected chi connectivity index (χ1v) is 8.07. The molecule has 0 radical (unpaired) electrons. The van der Waals surface area contributed by atoms with Crippen LogP contribution in [-0.2, 0) is 4.79 Å². The largest absolute Gasteiger partial charge is 0.325 e. The molecule has 0 unspecified atom stereocenters. The molecule has 0 aromatic heterocycles. The molecular weight excluding hydrogens is 286 g/mol. The predicted molar refractivity (Wildman–Crippen MR) is 87.8 cm³/mol. The predicted octanol–water partition coefficient (Wildman–Crippen LogP) is 2.74. The van der Waals surface area contributed by atoms with E-state index in [1.54, 1.807) is 12.1 Å². The van der Waals surface area contributed by atoms with Crippen LogP contribution in [0.5, 0.6) is 0 Å². The molecule has 116 valence electrons. The van der Waals surface area contributed by atoms with Gasteiger partial charge in [0.25, 0.3) is 0 Å². The normalized spacial score (nSPS) is 16.1. The van der Waals surface area contributed by atoms with E-state index in [9.17, 15) is 4.79 Å². The molecule has 21 heavy (non-hydrogen) atoms. The van der Waals surface area contributed by atoms with Gasteiger partial charge in [0.15, 0.2) is 0 Å². The summed E-state index contributed by atoms with van der Waals surface area (Å²) in [6.45, 7) is 5.66. The van der Waals surface area contributed by atoms with E-state index in [1.807, 2.05) is 12.1 Å². The molecule has 1 aromatic rings. The number of halogens is 1. The Balaban J connectivity index is 1.91. The van der Waals surface area contributed by atoms with Crippen molar-refractivity contribution in [3.8, 4) is 0 Å². The summed E-state index contributed by atoms with van der Waals surface area (Å²) in [6.07, 6.45) is 3.29. The van der Waals surface area contributed by atoms with Gasteiger partial charge >= 0.3 is 0 Å². The van der Waals surface area contributed by atoms with Crippen LogP contribution in [0.1, 0.15) is 26.2 Å². The smallest absolute Gasteiger partial charge is 0.238 e. The number of amides is 1. The maximum absolute atomic E-state index is 12.2. The van der Waals surface area contributed by atoms with Gasteiger partial charge in [0, 0.05) is 16.8 Å². The van der Waals surface area contributed by atoms with E-state index in [4.69, 9.17) is 11.6 Å². The van der Waals surface area contributed by atoms with Gasteiger partial charge in [-0.1, -0.05) is 24.6 Å². The Morgan fingerprint density at radius 2 is 2.19 bits per heavy atom. The third-order valence-corrected chi connectivity index (χ3v) is 4.03. The minimum absolute atomic E-state index is 0.0317. The Morgan fingerprint density at radius 1 is 1.43 bits per heavy atom. The van der Waals surface area contributed by atoms with E-state index in [2.05, 4.69) is 22.5 Å². The Labute approximate surface area is 131 Å². The van der Waals surface area contributed by atoms with Gasteiger partial charge in [0.05, 0.1) is 6.54 Å². The number of nitrogens with one attached hydrogen (secondary N) is 2. The topological polar surface area (TPSA) is 44.4 Å². The average Bonchev–Trinajstić information content (AvgIpc) is 2.47. The summed E-state index contributed by atoms with van der Waals surface area (Å²) in [7, 11) is 0. The van der Waals surface area contributed by atoms with E-state index in [0.29, 0.717) is 17.6 Å². The third-order valence-electron chi connectivity index (χ3n) is 3.79. The second kappa shape index (κ2) is 8.37. The molecule has 1 aromatic carbocycles. The highest BCUT2D eigenvalue weighted by molar-refractivity contribution is 6.30. The molecule has 4 nitrogen and oxygen atoms in total. The van der Waals surface area contributed by atoms with Crippen LogP contribution in [0.3, 0.4) is 0 Å². The highest BCUT2D eigenvalue weighted by Crippen LogP contribution is 2.16. The van der Waals surface area contributed by atoms with Crippen molar-refractivity contribution in [2.75, 3.05) is 31.5 Å². The van der Waals surface area contributed by atoms with E-state index in [-0.39, 0.29) is 5.91 Å². The van der Waals surface area contributed by atoms with Crippen LogP contribution in [0.4, 0.5) is 5.69 Å². The molecule has 1 aliphatic rings. The van der Waals surface area contributed by atoms with Gasteiger partial charge in [-0.25, -0.2) is 0 Å². The fraction of sp³-hybridized carbons (Fsp3) is 0.562. The Hall–Kier alpha value is -1.10. The summed E-state index contributed by atoms with van der Waals surface area (Å²) < 4.78 is 0. The molecule has 1 amide bonds. The summed E-state index contributed by atoms with van der Waals surface area (Å²) in [5, 5.41) is 6.93. The molecule has 1 heterocycles. The van der Waals surface area contributed by atoms with Gasteiger partial charge < -0.3 is 10.6 Å². The number of hydrogen-bond acceptors (Lipinski definition) is 3. The number of piperidine rings is 1. The SMILES string of the molecule is CCCN(CC(=O)Nc1cccc(Cl)c1)C1CCNCC1. The number of anilines is 1. The standard InChI is InChI=1S/C16H24ClN3O/c1-2-10-20(15-6-8-18-9-7-15)12-16(21)19-14-5-3-4-13(17)11-14/h3-5,11,15,18H,2,6-10,12H2,1H3,(H,19,21). The minimum Gasteiger partial charge on any atom is -0.325 e. The van der Waals surface area contributed by atoms with Crippen molar-refractivity contribution in [2.45, 2.75) is 32.2 Å². The highest BCUT2D eigenvalue weighted by atomic mass is 35.5. The molecule has 0 atom stereocenters. The Morgan fingerprint density at radius 3 is 2.86 bits per heavy atom. The summed E-state index contributed by atoms with van der Waals surface area (Å²) in [4.78, 5) is 14.5. The highest BCUT2D eigenvalue weighted by Gasteiger charge is 2.22. The molecular formula is C16H24ClN3O. The van der Waals surface area contributed by atoms with Crippen LogP contribution in [0.15, 0.2) is 24.3 Å². The fourth-order valence-electron chi connectivity index (χ4n) is 2.80. The molecule has 1 aliphatic heterocycles.